The van der Waals surface area contributed by atoms with E-state index in [1.54, 1.807) is 13.8 Å². The maximum atomic E-state index is 12.1. The highest BCUT2D eigenvalue weighted by Gasteiger charge is 2.23. The maximum Gasteiger partial charge on any atom is 0.417 e. The standard InChI is InChI=1S/C24H24N2O6/c1-15(13-29-21-7-3-5-19-17(21)9-11-25-19)31-23(27)24(28)32-16(2)14-30-22-8-4-6-20-18(22)10-12-26-20/h3-12,15-16,25-26H,13-14H2,1-2H3. The minimum atomic E-state index is -1.07. The van der Waals surface area contributed by atoms with E-state index in [2.05, 4.69) is 9.97 Å². The number of hydrogen-bond donors (Lipinski definition) is 2. The quantitative estimate of drug-likeness (QED) is 0.320. The summed E-state index contributed by atoms with van der Waals surface area (Å²) >= 11 is 0. The van der Waals surface area contributed by atoms with Crippen LogP contribution >= 0.6 is 0 Å². The van der Waals surface area contributed by atoms with Crippen molar-refractivity contribution in [3.63, 3.8) is 0 Å². The third-order valence-corrected chi connectivity index (χ3v) is 4.84. The number of benzene rings is 2. The van der Waals surface area contributed by atoms with Gasteiger partial charge in [0.1, 0.15) is 36.9 Å². The highest BCUT2D eigenvalue weighted by Crippen LogP contribution is 2.25. The van der Waals surface area contributed by atoms with Gasteiger partial charge in [0.25, 0.3) is 0 Å². The lowest BCUT2D eigenvalue weighted by molar-refractivity contribution is -0.174. The molecule has 0 radical (unpaired) electrons. The zero-order valence-electron chi connectivity index (χ0n) is 17.8. The first-order valence-electron chi connectivity index (χ1n) is 10.3. The second kappa shape index (κ2) is 9.47. The van der Waals surface area contributed by atoms with Crippen molar-refractivity contribution in [2.75, 3.05) is 13.2 Å². The molecule has 0 aliphatic rings. The van der Waals surface area contributed by atoms with E-state index in [4.69, 9.17) is 18.9 Å². The summed E-state index contributed by atoms with van der Waals surface area (Å²) in [5.41, 5.74) is 1.89. The Morgan fingerprint density at radius 3 is 1.59 bits per heavy atom. The monoisotopic (exact) mass is 436 g/mol. The van der Waals surface area contributed by atoms with E-state index >= 15 is 0 Å². The summed E-state index contributed by atoms with van der Waals surface area (Å²) in [5, 5.41) is 1.85. The average Bonchev–Trinajstić information content (AvgIpc) is 3.45. The molecule has 0 bridgehead atoms. The van der Waals surface area contributed by atoms with Gasteiger partial charge < -0.3 is 28.9 Å². The largest absolute Gasteiger partial charge is 0.489 e. The van der Waals surface area contributed by atoms with Crippen LogP contribution in [0.3, 0.4) is 0 Å². The molecule has 166 valence electrons. The molecule has 8 heteroatoms. The molecule has 0 aliphatic heterocycles. The number of carbonyl (C=O) groups excluding carboxylic acids is 2. The number of fused-ring (bicyclic) bond motifs is 2. The van der Waals surface area contributed by atoms with E-state index in [9.17, 15) is 9.59 Å². The molecular formula is C24H24N2O6. The average molecular weight is 436 g/mol. The second-order valence-corrected chi connectivity index (χ2v) is 7.44. The van der Waals surface area contributed by atoms with Crippen molar-refractivity contribution >= 4 is 33.7 Å². The van der Waals surface area contributed by atoms with Crippen molar-refractivity contribution in [1.82, 2.24) is 9.97 Å². The van der Waals surface area contributed by atoms with Crippen LogP contribution in [-0.2, 0) is 19.1 Å². The molecule has 2 unspecified atom stereocenters. The number of rotatable bonds is 8. The van der Waals surface area contributed by atoms with E-state index in [0.29, 0.717) is 11.5 Å². The van der Waals surface area contributed by atoms with Crippen LogP contribution in [0.15, 0.2) is 60.9 Å². The van der Waals surface area contributed by atoms with Crippen LogP contribution in [0.5, 0.6) is 11.5 Å². The number of esters is 2. The van der Waals surface area contributed by atoms with Crippen molar-refractivity contribution in [3.8, 4) is 11.5 Å². The second-order valence-electron chi connectivity index (χ2n) is 7.44. The predicted molar refractivity (Wildman–Crippen MR) is 119 cm³/mol. The van der Waals surface area contributed by atoms with E-state index in [1.165, 1.54) is 0 Å². The highest BCUT2D eigenvalue weighted by molar-refractivity contribution is 6.29. The molecule has 0 fully saturated rings. The fraction of sp³-hybridized carbons (Fsp3) is 0.250. The lowest BCUT2D eigenvalue weighted by Gasteiger charge is -2.17. The molecule has 0 saturated carbocycles. The van der Waals surface area contributed by atoms with Crippen molar-refractivity contribution in [2.24, 2.45) is 0 Å². The lowest BCUT2D eigenvalue weighted by Crippen LogP contribution is -2.31. The number of carbonyl (C=O) groups is 2. The summed E-state index contributed by atoms with van der Waals surface area (Å²) in [4.78, 5) is 30.4. The summed E-state index contributed by atoms with van der Waals surface area (Å²) in [6.45, 7) is 3.49. The maximum absolute atomic E-state index is 12.1. The Kier molecular flexibility index (Phi) is 6.30. The lowest BCUT2D eigenvalue weighted by atomic mass is 10.2. The molecule has 2 aromatic heterocycles. The van der Waals surface area contributed by atoms with Gasteiger partial charge in [-0.05, 0) is 50.2 Å². The van der Waals surface area contributed by atoms with Crippen molar-refractivity contribution in [3.05, 3.63) is 60.9 Å². The Morgan fingerprint density at radius 2 is 1.16 bits per heavy atom. The SMILES string of the molecule is CC(COc1cccc2[nH]ccc12)OC(=O)C(=O)OC(C)COc1cccc2[nH]ccc12. The van der Waals surface area contributed by atoms with Gasteiger partial charge in [-0.15, -0.1) is 0 Å². The smallest absolute Gasteiger partial charge is 0.417 e. The normalized spacial score (nSPS) is 12.9. The summed E-state index contributed by atoms with van der Waals surface area (Å²) in [6.07, 6.45) is 2.37. The Balaban J connectivity index is 1.23. The molecule has 2 aromatic carbocycles. The Hall–Kier alpha value is -3.94. The predicted octanol–water partition coefficient (Wildman–Crippen LogP) is 3.97. The van der Waals surface area contributed by atoms with Gasteiger partial charge in [-0.25, -0.2) is 9.59 Å². The van der Waals surface area contributed by atoms with E-state index in [0.717, 1.165) is 21.8 Å². The van der Waals surface area contributed by atoms with Crippen LogP contribution in [0.25, 0.3) is 21.8 Å². The summed E-state index contributed by atoms with van der Waals surface area (Å²) < 4.78 is 21.8. The minimum Gasteiger partial charge on any atom is -0.489 e. The van der Waals surface area contributed by atoms with Crippen LogP contribution in [0.4, 0.5) is 0 Å². The number of aromatic amines is 2. The molecule has 0 spiro atoms. The number of nitrogens with one attached hydrogen (secondary N) is 2. The van der Waals surface area contributed by atoms with Crippen molar-refractivity contribution in [2.45, 2.75) is 26.1 Å². The van der Waals surface area contributed by atoms with Crippen LogP contribution < -0.4 is 9.47 Å². The fourth-order valence-corrected chi connectivity index (χ4v) is 3.31. The van der Waals surface area contributed by atoms with Gasteiger partial charge in [-0.1, -0.05) is 12.1 Å². The Morgan fingerprint density at radius 1 is 0.719 bits per heavy atom. The van der Waals surface area contributed by atoms with E-state index in [-0.39, 0.29) is 13.2 Å². The Labute approximate surface area is 184 Å². The first-order chi connectivity index (χ1) is 15.5. The van der Waals surface area contributed by atoms with Gasteiger partial charge in [-0.3, -0.25) is 0 Å². The van der Waals surface area contributed by atoms with Crippen LogP contribution in [-0.4, -0.2) is 47.3 Å². The van der Waals surface area contributed by atoms with E-state index < -0.39 is 24.1 Å². The van der Waals surface area contributed by atoms with Crippen molar-refractivity contribution < 1.29 is 28.5 Å². The first kappa shape index (κ1) is 21.3. The molecule has 8 nitrogen and oxygen atoms in total. The molecule has 0 saturated heterocycles. The fourth-order valence-electron chi connectivity index (χ4n) is 3.31. The molecular weight excluding hydrogens is 412 g/mol. The summed E-state index contributed by atoms with van der Waals surface area (Å²) in [5.74, 6) is -0.809. The van der Waals surface area contributed by atoms with Gasteiger partial charge in [0, 0.05) is 34.2 Å². The van der Waals surface area contributed by atoms with Crippen LogP contribution in [0, 0.1) is 0 Å². The van der Waals surface area contributed by atoms with Gasteiger partial charge in [0.2, 0.25) is 0 Å². The zero-order valence-corrected chi connectivity index (χ0v) is 17.8. The topological polar surface area (TPSA) is 103 Å². The number of hydrogen-bond acceptors (Lipinski definition) is 6. The molecule has 0 amide bonds. The minimum absolute atomic E-state index is 0.0998. The Bertz CT molecular complexity index is 1130. The van der Waals surface area contributed by atoms with Crippen LogP contribution in [0.2, 0.25) is 0 Å². The number of aromatic nitrogens is 2. The van der Waals surface area contributed by atoms with Gasteiger partial charge in [0.05, 0.1) is 0 Å². The molecule has 4 rings (SSSR count). The third-order valence-electron chi connectivity index (χ3n) is 4.84. The molecule has 2 N–H and O–H groups in total. The molecule has 4 aromatic rings. The van der Waals surface area contributed by atoms with E-state index in [1.807, 2.05) is 60.9 Å². The first-order valence-corrected chi connectivity index (χ1v) is 10.3. The summed E-state index contributed by atoms with van der Waals surface area (Å²) in [6, 6.07) is 15.1. The van der Waals surface area contributed by atoms with Gasteiger partial charge in [-0.2, -0.15) is 0 Å². The zero-order chi connectivity index (χ0) is 22.5. The number of ether oxygens (including phenoxy) is 4. The summed E-state index contributed by atoms with van der Waals surface area (Å²) in [7, 11) is 0. The molecule has 2 atom stereocenters. The van der Waals surface area contributed by atoms with Crippen LogP contribution in [0.1, 0.15) is 13.8 Å². The molecule has 2 heterocycles. The third kappa shape index (κ3) is 4.85. The van der Waals surface area contributed by atoms with Crippen molar-refractivity contribution in [1.29, 1.82) is 0 Å². The molecule has 0 aliphatic carbocycles. The molecule has 32 heavy (non-hydrogen) atoms. The van der Waals surface area contributed by atoms with Gasteiger partial charge >= 0.3 is 11.9 Å². The number of H-pyrrole nitrogens is 2. The highest BCUT2D eigenvalue weighted by atomic mass is 16.6. The van der Waals surface area contributed by atoms with Gasteiger partial charge in [0.15, 0.2) is 0 Å².